The van der Waals surface area contributed by atoms with E-state index in [1.807, 2.05) is 78.9 Å². The van der Waals surface area contributed by atoms with E-state index in [0.717, 1.165) is 174 Å². The lowest BCUT2D eigenvalue weighted by Gasteiger charge is -2.07. The Kier molecular flexibility index (Phi) is 15.4. The van der Waals surface area contributed by atoms with E-state index in [9.17, 15) is 10.0 Å². The fourth-order valence-electron chi connectivity index (χ4n) is 13.4. The van der Waals surface area contributed by atoms with Crippen molar-refractivity contribution in [1.29, 1.82) is 0 Å². The third-order valence-electron chi connectivity index (χ3n) is 18.1. The number of hydrogen-bond donors (Lipinski definition) is 2. The Morgan fingerprint density at radius 3 is 0.711 bits per heavy atom. The fraction of sp³-hybridized carbons (Fsp3) is 0.0233. The Morgan fingerprint density at radius 2 is 0.433 bits per heavy atom. The smallest absolute Gasteiger partial charge is 0.456 e. The van der Waals surface area contributed by atoms with Crippen LogP contribution >= 0.6 is 31.9 Å². The zero-order valence-corrected chi connectivity index (χ0v) is 53.5. The Balaban J connectivity index is 0.000000157. The van der Waals surface area contributed by atoms with Crippen LogP contribution in [-0.2, 0) is 0 Å². The minimum atomic E-state index is -1.52. The van der Waals surface area contributed by atoms with Crippen LogP contribution in [-0.4, -0.2) is 17.2 Å². The van der Waals surface area contributed by atoms with Gasteiger partial charge in [-0.15, -0.1) is 0 Å². The van der Waals surface area contributed by atoms with Gasteiger partial charge in [-0.2, -0.15) is 0 Å². The molecule has 466 valence electrons. The van der Waals surface area contributed by atoms with Gasteiger partial charge in [0.05, 0.1) is 0 Å². The average molecular weight is 1390 g/mol. The first-order chi connectivity index (χ1) is 46.6. The number of hydrogen-bond acceptors (Lipinski definition) is 8. The SMILES string of the molecule is Brc1cccc(Br)c1.C.C.OB(O)c1ccc2oc3cc4oc5ccc(-c6ccccc6)cc5c4cc3c2c1.c1ccc(-c2ccc3oc4cc5oc6ccc(-c7cccc(-c8ccc9oc%10cc%11oc%12ccc(-c%13ccccc%13)cc%12c%11cc%10c9c8)c7)cc6c5cc4c3c2)cc1. The summed E-state index contributed by atoms with van der Waals surface area (Å²) in [4.78, 5) is 0. The molecule has 20 aromatic rings. The zero-order valence-electron chi connectivity index (χ0n) is 50.3. The molecule has 6 aromatic heterocycles. The summed E-state index contributed by atoms with van der Waals surface area (Å²) in [6, 6.07) is 97.6. The van der Waals surface area contributed by atoms with Crippen molar-refractivity contribution in [2.24, 2.45) is 0 Å². The van der Waals surface area contributed by atoms with Crippen molar-refractivity contribution in [3.8, 4) is 55.6 Å². The molecule has 0 unspecified atom stereocenters. The molecule has 0 spiro atoms. The normalized spacial score (nSPS) is 11.5. The van der Waals surface area contributed by atoms with Gasteiger partial charge in [-0.25, -0.2) is 0 Å². The maximum Gasteiger partial charge on any atom is 0.488 e. The second-order valence-electron chi connectivity index (χ2n) is 23.9. The van der Waals surface area contributed by atoms with Crippen LogP contribution in [0.5, 0.6) is 0 Å². The highest BCUT2D eigenvalue weighted by atomic mass is 79.9. The van der Waals surface area contributed by atoms with Crippen molar-refractivity contribution in [2.45, 2.75) is 14.9 Å². The molecule has 0 fully saturated rings. The molecule has 8 nitrogen and oxygen atoms in total. The monoisotopic (exact) mass is 1390 g/mol. The molecule has 0 radical (unpaired) electrons. The molecule has 0 atom stereocenters. The first-order valence-corrected chi connectivity index (χ1v) is 32.7. The number of halogens is 2. The number of benzene rings is 14. The first-order valence-electron chi connectivity index (χ1n) is 31.1. The van der Waals surface area contributed by atoms with Crippen LogP contribution in [0.1, 0.15) is 14.9 Å². The number of rotatable bonds is 6. The highest BCUT2D eigenvalue weighted by Crippen LogP contribution is 2.44. The third-order valence-corrected chi connectivity index (χ3v) is 19.1. The molecule has 0 bridgehead atoms. The Morgan fingerprint density at radius 1 is 0.196 bits per heavy atom. The highest BCUT2D eigenvalue weighted by Gasteiger charge is 2.21. The molecule has 20 rings (SSSR count). The van der Waals surface area contributed by atoms with E-state index in [4.69, 9.17) is 26.5 Å². The molecular weight excluding hydrogens is 1330 g/mol. The predicted molar refractivity (Wildman–Crippen MR) is 409 cm³/mol. The number of fused-ring (bicyclic) bond motifs is 18. The molecule has 97 heavy (non-hydrogen) atoms. The molecule has 0 saturated heterocycles. The summed E-state index contributed by atoms with van der Waals surface area (Å²) in [5.41, 5.74) is 21.6. The quantitative estimate of drug-likeness (QED) is 0.158. The van der Waals surface area contributed by atoms with Gasteiger partial charge in [-0.3, -0.25) is 0 Å². The van der Waals surface area contributed by atoms with E-state index in [2.05, 4.69) is 220 Å². The van der Waals surface area contributed by atoms with Crippen molar-refractivity contribution < 1.29 is 36.6 Å². The van der Waals surface area contributed by atoms with Crippen molar-refractivity contribution in [3.05, 3.63) is 294 Å². The second kappa shape index (κ2) is 24.5. The zero-order chi connectivity index (χ0) is 63.4. The largest absolute Gasteiger partial charge is 0.488 e. The van der Waals surface area contributed by atoms with Crippen LogP contribution < -0.4 is 5.46 Å². The van der Waals surface area contributed by atoms with Crippen molar-refractivity contribution in [2.75, 3.05) is 0 Å². The van der Waals surface area contributed by atoms with Gasteiger partial charge in [0.1, 0.15) is 67.0 Å². The molecular formula is C86H57BBr2O8. The molecule has 0 aliphatic rings. The summed E-state index contributed by atoms with van der Waals surface area (Å²) in [6.07, 6.45) is 0. The van der Waals surface area contributed by atoms with Crippen LogP contribution in [0.15, 0.2) is 321 Å². The van der Waals surface area contributed by atoms with E-state index in [-0.39, 0.29) is 14.9 Å². The Bertz CT molecular complexity index is 6150. The summed E-state index contributed by atoms with van der Waals surface area (Å²) in [5, 5.41) is 31.5. The van der Waals surface area contributed by atoms with E-state index >= 15 is 0 Å². The van der Waals surface area contributed by atoms with Crippen molar-refractivity contribution >= 4 is 176 Å². The van der Waals surface area contributed by atoms with Gasteiger partial charge in [0, 0.05) is 91.8 Å². The summed E-state index contributed by atoms with van der Waals surface area (Å²) >= 11 is 6.66. The summed E-state index contributed by atoms with van der Waals surface area (Å²) in [6.45, 7) is 0. The topological polar surface area (TPSA) is 119 Å². The summed E-state index contributed by atoms with van der Waals surface area (Å²) in [5.74, 6) is 0. The molecule has 0 saturated carbocycles. The van der Waals surface area contributed by atoms with E-state index < -0.39 is 7.12 Å². The van der Waals surface area contributed by atoms with Gasteiger partial charge in [0.2, 0.25) is 0 Å². The molecule has 14 aromatic carbocycles. The predicted octanol–water partition coefficient (Wildman–Crippen LogP) is 25.3. The van der Waals surface area contributed by atoms with Crippen LogP contribution in [0.2, 0.25) is 0 Å². The third kappa shape index (κ3) is 10.9. The van der Waals surface area contributed by atoms with E-state index in [1.165, 1.54) is 11.1 Å². The molecule has 11 heteroatoms. The second-order valence-corrected chi connectivity index (χ2v) is 25.8. The molecule has 0 aliphatic carbocycles. The summed E-state index contributed by atoms with van der Waals surface area (Å²) in [7, 11) is -1.52. The Hall–Kier alpha value is -11.2. The van der Waals surface area contributed by atoms with Gasteiger partial charge >= 0.3 is 7.12 Å². The number of furan rings is 6. The van der Waals surface area contributed by atoms with E-state index in [0.29, 0.717) is 16.6 Å². The lowest BCUT2D eigenvalue weighted by atomic mass is 9.80. The van der Waals surface area contributed by atoms with Gasteiger partial charge in [-0.05, 0) is 170 Å². The molecule has 0 aliphatic heterocycles. The fourth-order valence-corrected chi connectivity index (χ4v) is 14.6. The molecule has 2 N–H and O–H groups in total. The van der Waals surface area contributed by atoms with E-state index in [1.54, 1.807) is 18.2 Å². The minimum absolute atomic E-state index is 0. The molecule has 0 amide bonds. The lowest BCUT2D eigenvalue weighted by Crippen LogP contribution is -2.29. The maximum absolute atomic E-state index is 9.52. The highest BCUT2D eigenvalue weighted by molar-refractivity contribution is 9.11. The van der Waals surface area contributed by atoms with Crippen LogP contribution in [0, 0.1) is 0 Å². The average Bonchev–Trinajstić information content (AvgIpc) is 1.61. The lowest BCUT2D eigenvalue weighted by molar-refractivity contribution is 0.426. The van der Waals surface area contributed by atoms with Crippen LogP contribution in [0.4, 0.5) is 0 Å². The Labute approximate surface area is 573 Å². The van der Waals surface area contributed by atoms with Crippen LogP contribution in [0.25, 0.3) is 187 Å². The standard InChI is InChI=1S/C54H30O4.C24H15BO4.C6H4Br2.2CH4/c1-3-8-31(9-4-1)35-14-18-47-39(23-35)43-27-45-41-25-37(16-20-49(41)57-53(45)29-51(43)55-47)33-12-7-13-34(22-33)38-17-21-50-42(26-38)46-28-44-40-24-36(32-10-5-2-6-11-32)15-19-48(40)56-52(44)30-54(46)58-50;26-25(27)16-7-9-22-18(11-16)20-12-19-17-10-15(14-4-2-1-3-5-14)6-8-21(17)28-23(19)13-24(20)29-22;7-5-2-1-3-6(8)4-5;;/h1-30H;1-13,26-27H;1-4H;2*1H4. The van der Waals surface area contributed by atoms with Gasteiger partial charge in [0.15, 0.2) is 0 Å². The van der Waals surface area contributed by atoms with Crippen LogP contribution in [0.3, 0.4) is 0 Å². The first kappa shape index (κ1) is 60.7. The van der Waals surface area contributed by atoms with Gasteiger partial charge < -0.3 is 36.6 Å². The summed E-state index contributed by atoms with van der Waals surface area (Å²) < 4.78 is 39.7. The van der Waals surface area contributed by atoms with Gasteiger partial charge in [0.25, 0.3) is 0 Å². The molecule has 6 heterocycles. The minimum Gasteiger partial charge on any atom is -0.456 e. The van der Waals surface area contributed by atoms with Crippen molar-refractivity contribution in [1.82, 2.24) is 0 Å². The van der Waals surface area contributed by atoms with Crippen molar-refractivity contribution in [3.63, 3.8) is 0 Å². The van der Waals surface area contributed by atoms with Gasteiger partial charge in [-0.1, -0.05) is 204 Å². The maximum atomic E-state index is 9.52.